The van der Waals surface area contributed by atoms with Crippen LogP contribution in [0.2, 0.25) is 0 Å². The van der Waals surface area contributed by atoms with Gasteiger partial charge in [0, 0.05) is 74.9 Å². The number of likely N-dealkylation sites (tertiary alicyclic amines) is 1. The van der Waals surface area contributed by atoms with Crippen molar-refractivity contribution >= 4 is 22.6 Å². The van der Waals surface area contributed by atoms with E-state index in [0.717, 1.165) is 89.3 Å². The van der Waals surface area contributed by atoms with Gasteiger partial charge in [-0.05, 0) is 99.2 Å². The molecule has 10 nitrogen and oxygen atoms in total. The maximum atomic E-state index is 13.5. The van der Waals surface area contributed by atoms with E-state index >= 15 is 0 Å². The number of rotatable bonds is 9. The van der Waals surface area contributed by atoms with Crippen LogP contribution in [0.4, 0.5) is 5.69 Å². The maximum absolute atomic E-state index is 13.5. The third-order valence-corrected chi connectivity index (χ3v) is 10.2. The van der Waals surface area contributed by atoms with Gasteiger partial charge in [-0.1, -0.05) is 13.0 Å². The van der Waals surface area contributed by atoms with Crippen molar-refractivity contribution in [3.63, 3.8) is 0 Å². The number of aromatic amines is 1. The molecule has 2 fully saturated rings. The molecular weight excluding hydrogens is 580 g/mol. The lowest BCUT2D eigenvalue weighted by Gasteiger charge is -2.39. The zero-order valence-electron chi connectivity index (χ0n) is 27.9. The summed E-state index contributed by atoms with van der Waals surface area (Å²) in [7, 11) is 1.82. The summed E-state index contributed by atoms with van der Waals surface area (Å²) in [6, 6.07) is 10.3. The Labute approximate surface area is 269 Å². The van der Waals surface area contributed by atoms with Crippen molar-refractivity contribution in [1.29, 1.82) is 0 Å². The predicted molar refractivity (Wildman–Crippen MR) is 183 cm³/mol. The number of ether oxygens (including phenoxy) is 1. The number of amides is 1. The maximum Gasteiger partial charge on any atom is 0.329 e. The number of carbonyl (C=O) groups is 1. The van der Waals surface area contributed by atoms with Crippen molar-refractivity contribution in [2.75, 3.05) is 44.3 Å². The van der Waals surface area contributed by atoms with Crippen LogP contribution < -0.4 is 21.9 Å². The van der Waals surface area contributed by atoms with Crippen LogP contribution in [0.5, 0.6) is 0 Å². The second kappa shape index (κ2) is 12.6. The van der Waals surface area contributed by atoms with Gasteiger partial charge in [-0.25, -0.2) is 4.79 Å². The van der Waals surface area contributed by atoms with Gasteiger partial charge in [0.05, 0.1) is 17.1 Å². The number of H-pyrrole nitrogens is 1. The molecule has 2 aromatic heterocycles. The van der Waals surface area contributed by atoms with Gasteiger partial charge in [0.25, 0.3) is 5.56 Å². The highest BCUT2D eigenvalue weighted by Crippen LogP contribution is 2.41. The Balaban J connectivity index is 1.63. The number of nitrogens with zero attached hydrogens (tertiary/aromatic N) is 4. The zero-order valence-corrected chi connectivity index (χ0v) is 27.9. The van der Waals surface area contributed by atoms with E-state index in [4.69, 9.17) is 10.5 Å². The summed E-state index contributed by atoms with van der Waals surface area (Å²) < 4.78 is 9.35. The average molecular weight is 627 g/mol. The minimum atomic E-state index is -0.495. The van der Waals surface area contributed by atoms with E-state index in [9.17, 15) is 14.4 Å². The summed E-state index contributed by atoms with van der Waals surface area (Å²) in [5, 5.41) is 0. The number of benzene rings is 2. The van der Waals surface area contributed by atoms with Gasteiger partial charge in [0.1, 0.15) is 0 Å². The van der Waals surface area contributed by atoms with Crippen molar-refractivity contribution in [2.24, 2.45) is 12.8 Å². The van der Waals surface area contributed by atoms with Gasteiger partial charge in [0.2, 0.25) is 5.91 Å². The number of hydrogen-bond donors (Lipinski definition) is 2. The van der Waals surface area contributed by atoms with Crippen molar-refractivity contribution < 1.29 is 9.53 Å². The first-order chi connectivity index (χ1) is 22.0. The molecule has 0 bridgehead atoms. The molecule has 0 atom stereocenters. The first kappa shape index (κ1) is 31.8. The molecule has 2 saturated heterocycles. The topological polar surface area (TPSA) is 119 Å². The van der Waals surface area contributed by atoms with Crippen molar-refractivity contribution in [3.8, 4) is 11.1 Å². The van der Waals surface area contributed by atoms with Crippen LogP contribution in [-0.2, 0) is 18.2 Å². The first-order valence-electron chi connectivity index (χ1n) is 16.5. The van der Waals surface area contributed by atoms with E-state index in [1.807, 2.05) is 56.7 Å². The normalized spacial score (nSPS) is 16.2. The van der Waals surface area contributed by atoms with Crippen LogP contribution in [0.1, 0.15) is 71.0 Å². The number of aryl methyl sites for hydroxylation is 3. The largest absolute Gasteiger partial charge is 0.381 e. The molecule has 1 amide bonds. The Morgan fingerprint density at radius 3 is 2.37 bits per heavy atom. The number of carbonyl (C=O) groups excluding carboxylic acids is 1. The summed E-state index contributed by atoms with van der Waals surface area (Å²) in [5.74, 6) is -0.495. The number of aromatic nitrogens is 3. The molecule has 6 rings (SSSR count). The number of fused-ring (bicyclic) bond motifs is 1. The fourth-order valence-electron chi connectivity index (χ4n) is 7.63. The summed E-state index contributed by atoms with van der Waals surface area (Å²) in [4.78, 5) is 47.7. The lowest BCUT2D eigenvalue weighted by Crippen LogP contribution is -2.49. The van der Waals surface area contributed by atoms with E-state index in [0.29, 0.717) is 30.8 Å². The van der Waals surface area contributed by atoms with Crippen LogP contribution in [0.3, 0.4) is 0 Å². The van der Waals surface area contributed by atoms with E-state index < -0.39 is 5.91 Å². The molecule has 0 saturated carbocycles. The highest BCUT2D eigenvalue weighted by Gasteiger charge is 2.32. The van der Waals surface area contributed by atoms with E-state index in [1.54, 1.807) is 4.57 Å². The number of hydrogen-bond acceptors (Lipinski definition) is 6. The molecule has 0 unspecified atom stereocenters. The molecule has 2 aromatic carbocycles. The molecule has 2 aliphatic heterocycles. The number of nitrogens with one attached hydrogen (secondary N) is 1. The number of pyridine rings is 1. The van der Waals surface area contributed by atoms with Crippen LogP contribution >= 0.6 is 0 Å². The Morgan fingerprint density at radius 1 is 1.02 bits per heavy atom. The number of imidazole rings is 1. The molecule has 0 aliphatic carbocycles. The lowest BCUT2D eigenvalue weighted by atomic mass is 9.86. The minimum Gasteiger partial charge on any atom is -0.381 e. The van der Waals surface area contributed by atoms with Gasteiger partial charge in [-0.2, -0.15) is 0 Å². The van der Waals surface area contributed by atoms with Crippen molar-refractivity contribution in [2.45, 2.75) is 66.0 Å². The van der Waals surface area contributed by atoms with Crippen LogP contribution in [-0.4, -0.2) is 70.4 Å². The highest BCUT2D eigenvalue weighted by atomic mass is 16.5. The average Bonchev–Trinajstić information content (AvgIpc) is 3.25. The van der Waals surface area contributed by atoms with Crippen LogP contribution in [0.15, 0.2) is 39.9 Å². The molecule has 0 radical (unpaired) electrons. The Morgan fingerprint density at radius 2 is 1.74 bits per heavy atom. The summed E-state index contributed by atoms with van der Waals surface area (Å²) in [5.41, 5.74) is 15.0. The molecular formula is C36H46N6O4. The Bertz CT molecular complexity index is 1920. The number of likely N-dealkylation sites (N-methyl/N-ethyl adjacent to an activating group) is 1. The molecule has 46 heavy (non-hydrogen) atoms. The van der Waals surface area contributed by atoms with E-state index in [-0.39, 0.29) is 23.3 Å². The number of primary amides is 1. The molecule has 244 valence electrons. The monoisotopic (exact) mass is 626 g/mol. The molecule has 0 spiro atoms. The van der Waals surface area contributed by atoms with Crippen LogP contribution in [0.25, 0.3) is 22.2 Å². The SMILES string of the molecule is CCN1CC(n2c(=O)n(C)c3ccc(-c4cc(C(N)=O)c(C)c(N(CC)C5CCOCC5)c4Cc4c(C)cc(C)[nH]c4=O)cc32)C1. The van der Waals surface area contributed by atoms with Gasteiger partial charge in [-0.15, -0.1) is 0 Å². The number of anilines is 1. The number of nitrogens with two attached hydrogens (primary N) is 1. The predicted octanol–water partition coefficient (Wildman–Crippen LogP) is 4.19. The van der Waals surface area contributed by atoms with E-state index in [1.165, 1.54) is 0 Å². The van der Waals surface area contributed by atoms with Gasteiger partial charge in [-0.3, -0.25) is 23.6 Å². The zero-order chi connectivity index (χ0) is 32.9. The molecule has 2 aliphatic rings. The standard InChI is InChI=1S/C36H46N6O4/c1-7-40-19-26(20-40)42-32-16-24(9-10-31(32)39(6)36(42)45)29-18-28(34(37)43)23(5)33(41(8-2)25-11-13-46-14-12-25)30(29)17-27-21(3)15-22(4)38-35(27)44/h9-10,15-16,18,25-26H,7-8,11-14,17,19-20H2,1-6H3,(H2,37,43)(H,38,44). The molecule has 4 heterocycles. The second-order valence-corrected chi connectivity index (χ2v) is 13.0. The van der Waals surface area contributed by atoms with Gasteiger partial charge >= 0.3 is 5.69 Å². The smallest absolute Gasteiger partial charge is 0.329 e. The van der Waals surface area contributed by atoms with E-state index in [2.05, 4.69) is 34.7 Å². The third kappa shape index (κ3) is 5.47. The minimum absolute atomic E-state index is 0.0333. The fourth-order valence-corrected chi connectivity index (χ4v) is 7.63. The van der Waals surface area contributed by atoms with Crippen molar-refractivity contribution in [3.05, 3.63) is 84.7 Å². The molecule has 10 heteroatoms. The Kier molecular flexibility index (Phi) is 8.69. The van der Waals surface area contributed by atoms with Gasteiger partial charge in [0.15, 0.2) is 0 Å². The molecule has 4 aromatic rings. The third-order valence-electron chi connectivity index (χ3n) is 10.2. The van der Waals surface area contributed by atoms with Crippen LogP contribution in [0, 0.1) is 20.8 Å². The lowest BCUT2D eigenvalue weighted by molar-refractivity contribution is 0.0845. The fraction of sp³-hybridized carbons (Fsp3) is 0.472. The highest BCUT2D eigenvalue weighted by molar-refractivity contribution is 5.99. The summed E-state index contributed by atoms with van der Waals surface area (Å²) >= 11 is 0. The first-order valence-corrected chi connectivity index (χ1v) is 16.5. The Hall–Kier alpha value is -4.15. The summed E-state index contributed by atoms with van der Waals surface area (Å²) in [6.07, 6.45) is 2.11. The van der Waals surface area contributed by atoms with Crippen molar-refractivity contribution in [1.82, 2.24) is 19.0 Å². The molecule has 3 N–H and O–H groups in total. The quantitative estimate of drug-likeness (QED) is 0.288. The second-order valence-electron chi connectivity index (χ2n) is 13.0. The van der Waals surface area contributed by atoms with Gasteiger partial charge < -0.3 is 20.4 Å². The summed E-state index contributed by atoms with van der Waals surface area (Å²) in [6.45, 7) is 14.8.